The number of aromatic nitrogens is 2. The summed E-state index contributed by atoms with van der Waals surface area (Å²) in [5, 5.41) is 0.893. The van der Waals surface area contributed by atoms with Crippen LogP contribution < -0.4 is 0 Å². The fourth-order valence-corrected chi connectivity index (χ4v) is 10.7. The molecule has 1 aliphatic heterocycles. The van der Waals surface area contributed by atoms with E-state index in [-0.39, 0.29) is 16.9 Å². The molecule has 6 heteroatoms. The van der Waals surface area contributed by atoms with Crippen molar-refractivity contribution >= 4 is 17.7 Å². The van der Waals surface area contributed by atoms with Gasteiger partial charge >= 0.3 is 0 Å². The molecule has 0 aromatic carbocycles. The normalized spacial score (nSPS) is 44.2. The number of nitrogens with zero attached hydrogens (tertiary/aromatic N) is 3. The van der Waals surface area contributed by atoms with Crippen LogP contribution in [-0.4, -0.2) is 44.0 Å². The summed E-state index contributed by atoms with van der Waals surface area (Å²) < 4.78 is 9.03. The number of ether oxygens (including phenoxy) is 1. The number of carbonyl (C=O) groups is 1. The number of hydrogen-bond acceptors (Lipinski definition) is 4. The lowest BCUT2D eigenvalue weighted by atomic mass is 9.44. The Balaban J connectivity index is 1.22. The molecule has 1 spiro atoms. The van der Waals surface area contributed by atoms with Crippen molar-refractivity contribution in [3.63, 3.8) is 0 Å². The molecule has 7 atom stereocenters. The van der Waals surface area contributed by atoms with E-state index >= 15 is 0 Å². The predicted molar refractivity (Wildman–Crippen MR) is 140 cm³/mol. The number of thioether (sulfide) groups is 1. The Kier molecular flexibility index (Phi) is 5.73. The van der Waals surface area contributed by atoms with Gasteiger partial charge in [0.05, 0.1) is 17.9 Å². The lowest BCUT2D eigenvalue weighted by Crippen LogP contribution is -2.57. The van der Waals surface area contributed by atoms with Crippen LogP contribution in [0.3, 0.4) is 0 Å². The third-order valence-electron chi connectivity index (χ3n) is 11.8. The zero-order valence-corrected chi connectivity index (χ0v) is 23.3. The number of rotatable bonds is 3. The van der Waals surface area contributed by atoms with Gasteiger partial charge in [0, 0.05) is 24.9 Å². The third kappa shape index (κ3) is 3.51. The molecule has 194 valence electrons. The van der Waals surface area contributed by atoms with Gasteiger partial charge in [-0.25, -0.2) is 4.98 Å². The maximum absolute atomic E-state index is 13.5. The standard InChI is InChI=1S/C29H45N3O2S/c1-26(2)32(24(33)18-35-25-30-16-17-31(25)5)19-29(34-26)15-12-23-21-10-9-20-8-6-7-13-27(20,3)22(21)11-14-28(23,29)4/h16-17,20-23H,6-15,18-19H2,1-5H3/t20-,21-,22+,23+,27+,28+,29-/m1/s1. The minimum Gasteiger partial charge on any atom is -0.347 e. The van der Waals surface area contributed by atoms with Crippen molar-refractivity contribution in [1.29, 1.82) is 0 Å². The van der Waals surface area contributed by atoms with Gasteiger partial charge in [-0.15, -0.1) is 0 Å². The summed E-state index contributed by atoms with van der Waals surface area (Å²) in [6, 6.07) is 0. The van der Waals surface area contributed by atoms with Crippen LogP contribution in [0, 0.1) is 34.5 Å². The SMILES string of the molecule is Cn1ccnc1SCC(=O)N1C[C@@]2(CC[C@H]3[C@@H]4CC[C@H]5CCCC[C@]5(C)[C@H]4CC[C@@]32C)OC1(C)C. The van der Waals surface area contributed by atoms with Gasteiger partial charge in [-0.1, -0.05) is 38.5 Å². The van der Waals surface area contributed by atoms with E-state index in [0.29, 0.717) is 11.2 Å². The quantitative estimate of drug-likeness (QED) is 0.459. The molecule has 0 radical (unpaired) electrons. The molecule has 5 nitrogen and oxygen atoms in total. The molecule has 35 heavy (non-hydrogen) atoms. The largest absolute Gasteiger partial charge is 0.347 e. The first-order valence-corrected chi connectivity index (χ1v) is 15.2. The Morgan fingerprint density at radius 2 is 1.86 bits per heavy atom. The van der Waals surface area contributed by atoms with Crippen LogP contribution in [0.25, 0.3) is 0 Å². The van der Waals surface area contributed by atoms with Gasteiger partial charge in [-0.2, -0.15) is 0 Å². The van der Waals surface area contributed by atoms with Gasteiger partial charge in [-0.3, -0.25) is 4.79 Å². The highest BCUT2D eigenvalue weighted by Gasteiger charge is 2.69. The second-order valence-electron chi connectivity index (χ2n) is 13.5. The molecule has 1 aromatic heterocycles. The van der Waals surface area contributed by atoms with Crippen molar-refractivity contribution in [2.45, 2.75) is 108 Å². The predicted octanol–water partition coefficient (Wildman–Crippen LogP) is 6.28. The lowest BCUT2D eigenvalue weighted by molar-refractivity contribution is -0.188. The number of carbonyl (C=O) groups excluding carboxylic acids is 1. The summed E-state index contributed by atoms with van der Waals surface area (Å²) in [7, 11) is 1.98. The Bertz CT molecular complexity index is 992. The molecule has 1 amide bonds. The molecule has 6 rings (SSSR count). The Labute approximate surface area is 216 Å². The lowest BCUT2D eigenvalue weighted by Gasteiger charge is -2.61. The zero-order chi connectivity index (χ0) is 24.6. The summed E-state index contributed by atoms with van der Waals surface area (Å²) in [5.41, 5.74) is -0.00948. The van der Waals surface area contributed by atoms with Gasteiger partial charge in [0.25, 0.3) is 0 Å². The Morgan fingerprint density at radius 3 is 2.63 bits per heavy atom. The van der Waals surface area contributed by atoms with Crippen LogP contribution in [0.2, 0.25) is 0 Å². The van der Waals surface area contributed by atoms with Crippen molar-refractivity contribution in [3.05, 3.63) is 12.4 Å². The summed E-state index contributed by atoms with van der Waals surface area (Å²) in [5.74, 6) is 4.05. The number of aryl methyl sites for hydroxylation is 1. The molecule has 4 aliphatic carbocycles. The van der Waals surface area contributed by atoms with Crippen LogP contribution in [0.1, 0.15) is 91.9 Å². The van der Waals surface area contributed by atoms with Crippen LogP contribution in [0.4, 0.5) is 0 Å². The number of imidazole rings is 1. The van der Waals surface area contributed by atoms with Crippen molar-refractivity contribution < 1.29 is 9.53 Å². The first kappa shape index (κ1) is 24.3. The summed E-state index contributed by atoms with van der Waals surface area (Å²) in [6.45, 7) is 10.2. The number of hydrogen-bond donors (Lipinski definition) is 0. The molecule has 0 unspecified atom stereocenters. The van der Waals surface area contributed by atoms with Crippen molar-refractivity contribution in [2.75, 3.05) is 12.3 Å². The highest BCUT2D eigenvalue weighted by molar-refractivity contribution is 7.99. The molecule has 0 N–H and O–H groups in total. The number of fused-ring (bicyclic) bond motifs is 6. The van der Waals surface area contributed by atoms with Crippen molar-refractivity contribution in [3.8, 4) is 0 Å². The van der Waals surface area contributed by atoms with E-state index in [2.05, 4.69) is 37.6 Å². The van der Waals surface area contributed by atoms with Gasteiger partial charge < -0.3 is 14.2 Å². The van der Waals surface area contributed by atoms with Gasteiger partial charge in [-0.05, 0) is 94.3 Å². The highest BCUT2D eigenvalue weighted by atomic mass is 32.2. The zero-order valence-electron chi connectivity index (χ0n) is 22.5. The maximum atomic E-state index is 13.5. The first-order chi connectivity index (χ1) is 16.6. The van der Waals surface area contributed by atoms with Gasteiger partial charge in [0.2, 0.25) is 5.91 Å². The minimum absolute atomic E-state index is 0.172. The molecule has 4 saturated carbocycles. The maximum Gasteiger partial charge on any atom is 0.235 e. The molecule has 5 fully saturated rings. The molecule has 1 saturated heterocycles. The fourth-order valence-electron chi connectivity index (χ4n) is 9.91. The fraction of sp³-hybridized carbons (Fsp3) is 0.862. The molecule has 0 bridgehead atoms. The Morgan fingerprint density at radius 1 is 1.06 bits per heavy atom. The van der Waals surface area contributed by atoms with Crippen LogP contribution in [-0.2, 0) is 16.6 Å². The van der Waals surface area contributed by atoms with E-state index in [1.165, 1.54) is 69.5 Å². The average Bonchev–Trinajstić information content (AvgIpc) is 3.44. The van der Waals surface area contributed by atoms with Crippen LogP contribution in [0.15, 0.2) is 17.6 Å². The van der Waals surface area contributed by atoms with Gasteiger partial charge in [0.15, 0.2) is 5.16 Å². The smallest absolute Gasteiger partial charge is 0.235 e. The molecule has 1 aromatic rings. The number of amides is 1. The summed E-state index contributed by atoms with van der Waals surface area (Å²) in [6.07, 6.45) is 17.4. The molecule has 2 heterocycles. The monoisotopic (exact) mass is 499 g/mol. The van der Waals surface area contributed by atoms with Crippen LogP contribution in [0.5, 0.6) is 0 Å². The molecular weight excluding hydrogens is 454 g/mol. The minimum atomic E-state index is -0.555. The van der Waals surface area contributed by atoms with Crippen LogP contribution >= 0.6 is 11.8 Å². The van der Waals surface area contributed by atoms with E-state index in [0.717, 1.165) is 41.8 Å². The van der Waals surface area contributed by atoms with Crippen molar-refractivity contribution in [2.24, 2.45) is 41.5 Å². The average molecular weight is 500 g/mol. The summed E-state index contributed by atoms with van der Waals surface area (Å²) >= 11 is 1.53. The van der Waals surface area contributed by atoms with E-state index < -0.39 is 5.72 Å². The second kappa shape index (κ2) is 8.24. The van der Waals surface area contributed by atoms with Crippen molar-refractivity contribution in [1.82, 2.24) is 14.5 Å². The molecule has 5 aliphatic rings. The third-order valence-corrected chi connectivity index (χ3v) is 12.8. The molecular formula is C29H45N3O2S. The highest BCUT2D eigenvalue weighted by Crippen LogP contribution is 2.70. The van der Waals surface area contributed by atoms with E-state index in [4.69, 9.17) is 4.74 Å². The second-order valence-corrected chi connectivity index (χ2v) is 14.5. The van der Waals surface area contributed by atoms with E-state index in [1.807, 2.05) is 17.8 Å². The van der Waals surface area contributed by atoms with E-state index in [1.54, 1.807) is 6.20 Å². The Hall–Kier alpha value is -1.01. The summed E-state index contributed by atoms with van der Waals surface area (Å²) in [4.78, 5) is 19.9. The van der Waals surface area contributed by atoms with E-state index in [9.17, 15) is 4.79 Å². The topological polar surface area (TPSA) is 47.4 Å². The first-order valence-electron chi connectivity index (χ1n) is 14.2. The van der Waals surface area contributed by atoms with Gasteiger partial charge in [0.1, 0.15) is 5.72 Å².